The van der Waals surface area contributed by atoms with Gasteiger partial charge in [-0.1, -0.05) is 0 Å². The molecular formula is C12H23NO6. The average Bonchev–Trinajstić information content (AvgIpc) is 2.26. The lowest BCUT2D eigenvalue weighted by Crippen LogP contribution is -2.65. The highest BCUT2D eigenvalue weighted by Crippen LogP contribution is 2.25. The van der Waals surface area contributed by atoms with Crippen molar-refractivity contribution in [1.82, 2.24) is 5.32 Å². The van der Waals surface area contributed by atoms with E-state index in [1.54, 1.807) is 20.8 Å². The number of hydrogen-bond donors (Lipinski definition) is 4. The third-order valence-electron chi connectivity index (χ3n) is 2.72. The number of ether oxygens (including phenoxy) is 2. The van der Waals surface area contributed by atoms with Crippen LogP contribution in [0, 0.1) is 0 Å². The topological polar surface area (TPSA) is 108 Å². The Hall–Kier alpha value is -0.730. The molecule has 0 aromatic heterocycles. The summed E-state index contributed by atoms with van der Waals surface area (Å²) in [5.74, 6) is -0.371. The van der Waals surface area contributed by atoms with E-state index in [4.69, 9.17) is 14.6 Å². The van der Waals surface area contributed by atoms with Crippen LogP contribution in [0.3, 0.4) is 0 Å². The molecular weight excluding hydrogens is 254 g/mol. The second kappa shape index (κ2) is 6.15. The molecule has 1 amide bonds. The fraction of sp³-hybridized carbons (Fsp3) is 0.917. The maximum atomic E-state index is 11.2. The highest BCUT2D eigenvalue weighted by molar-refractivity contribution is 5.73. The van der Waals surface area contributed by atoms with Crippen molar-refractivity contribution in [3.8, 4) is 0 Å². The second-order valence-electron chi connectivity index (χ2n) is 5.66. The molecule has 0 bridgehead atoms. The van der Waals surface area contributed by atoms with Crippen molar-refractivity contribution in [3.05, 3.63) is 0 Å². The Labute approximate surface area is 112 Å². The zero-order chi connectivity index (χ0) is 14.8. The maximum Gasteiger partial charge on any atom is 0.217 e. The van der Waals surface area contributed by atoms with Crippen LogP contribution in [0.15, 0.2) is 0 Å². The summed E-state index contributed by atoms with van der Waals surface area (Å²) in [6.45, 7) is 6.24. The third kappa shape index (κ3) is 4.39. The number of rotatable bonds is 3. The van der Waals surface area contributed by atoms with Crippen molar-refractivity contribution in [3.63, 3.8) is 0 Å². The Kier molecular flexibility index (Phi) is 5.28. The van der Waals surface area contributed by atoms with Crippen molar-refractivity contribution in [2.45, 2.75) is 63.9 Å². The molecule has 0 saturated carbocycles. The molecule has 7 nitrogen and oxygen atoms in total. The van der Waals surface area contributed by atoms with Crippen LogP contribution in [-0.2, 0) is 14.3 Å². The Morgan fingerprint density at radius 3 is 2.32 bits per heavy atom. The number of carbonyl (C=O) groups is 1. The molecule has 1 aliphatic rings. The molecule has 112 valence electrons. The molecule has 0 spiro atoms. The molecule has 19 heavy (non-hydrogen) atoms. The van der Waals surface area contributed by atoms with E-state index < -0.39 is 42.9 Å². The molecule has 0 aliphatic carbocycles. The fourth-order valence-corrected chi connectivity index (χ4v) is 1.92. The van der Waals surface area contributed by atoms with E-state index in [0.29, 0.717) is 0 Å². The molecule has 1 fully saturated rings. The predicted octanol–water partition coefficient (Wildman–Crippen LogP) is -1.25. The van der Waals surface area contributed by atoms with Crippen LogP contribution in [0.2, 0.25) is 0 Å². The fourth-order valence-electron chi connectivity index (χ4n) is 1.92. The van der Waals surface area contributed by atoms with Crippen molar-refractivity contribution in [2.75, 3.05) is 6.61 Å². The highest BCUT2D eigenvalue weighted by Gasteiger charge is 2.46. The predicted molar refractivity (Wildman–Crippen MR) is 66.2 cm³/mol. The summed E-state index contributed by atoms with van der Waals surface area (Å²) < 4.78 is 11.0. The molecule has 1 aliphatic heterocycles. The Bertz CT molecular complexity index is 316. The quantitative estimate of drug-likeness (QED) is 0.513. The first-order chi connectivity index (χ1) is 8.65. The van der Waals surface area contributed by atoms with Crippen LogP contribution in [0.1, 0.15) is 27.7 Å². The van der Waals surface area contributed by atoms with Crippen molar-refractivity contribution >= 4 is 5.91 Å². The third-order valence-corrected chi connectivity index (χ3v) is 2.72. The van der Waals surface area contributed by atoms with E-state index >= 15 is 0 Å². The van der Waals surface area contributed by atoms with Gasteiger partial charge in [0, 0.05) is 6.92 Å². The molecule has 7 heteroatoms. The lowest BCUT2D eigenvalue weighted by Gasteiger charge is -2.44. The molecule has 1 saturated heterocycles. The van der Waals surface area contributed by atoms with E-state index in [1.165, 1.54) is 6.92 Å². The zero-order valence-electron chi connectivity index (χ0n) is 11.7. The number of carbonyl (C=O) groups excluding carboxylic acids is 1. The van der Waals surface area contributed by atoms with Gasteiger partial charge < -0.3 is 30.1 Å². The van der Waals surface area contributed by atoms with E-state index in [-0.39, 0.29) is 5.91 Å². The maximum absolute atomic E-state index is 11.2. The smallest absolute Gasteiger partial charge is 0.217 e. The van der Waals surface area contributed by atoms with Gasteiger partial charge in [-0.05, 0) is 20.8 Å². The van der Waals surface area contributed by atoms with Crippen molar-refractivity contribution < 1.29 is 29.6 Å². The van der Waals surface area contributed by atoms with Crippen LogP contribution in [0.25, 0.3) is 0 Å². The van der Waals surface area contributed by atoms with Gasteiger partial charge in [0.2, 0.25) is 5.91 Å². The van der Waals surface area contributed by atoms with Gasteiger partial charge in [-0.3, -0.25) is 4.79 Å². The van der Waals surface area contributed by atoms with Crippen LogP contribution in [0.5, 0.6) is 0 Å². The van der Waals surface area contributed by atoms with E-state index in [2.05, 4.69) is 5.32 Å². The lowest BCUT2D eigenvalue weighted by atomic mass is 9.96. The molecule has 0 aromatic carbocycles. The van der Waals surface area contributed by atoms with Gasteiger partial charge in [-0.25, -0.2) is 0 Å². The van der Waals surface area contributed by atoms with Gasteiger partial charge in [0.25, 0.3) is 0 Å². The first kappa shape index (κ1) is 16.3. The second-order valence-corrected chi connectivity index (χ2v) is 5.66. The highest BCUT2D eigenvalue weighted by atomic mass is 16.7. The minimum Gasteiger partial charge on any atom is -0.394 e. The normalized spacial score (nSPS) is 36.1. The van der Waals surface area contributed by atoms with E-state index in [1.807, 2.05) is 0 Å². The molecule has 0 radical (unpaired) electrons. The number of amides is 1. The number of hydrogen-bond acceptors (Lipinski definition) is 6. The standard InChI is InChI=1S/C12H23NO6/c1-6(15)13-8-10(17)9(16)7(5-14)18-11(8)19-12(2,3)4/h7-11,14,16-17H,5H2,1-4H3,(H,13,15)/t7?,8-,9+,10?,11?/m0/s1. The van der Waals surface area contributed by atoms with Crippen molar-refractivity contribution in [2.24, 2.45) is 0 Å². The SMILES string of the molecule is CC(=O)N[C@@H]1C(OC(C)(C)C)OC(CO)[C@@H](O)C1O. The van der Waals surface area contributed by atoms with Crippen LogP contribution < -0.4 is 5.32 Å². The lowest BCUT2D eigenvalue weighted by molar-refractivity contribution is -0.292. The first-order valence-corrected chi connectivity index (χ1v) is 6.23. The first-order valence-electron chi connectivity index (χ1n) is 6.23. The van der Waals surface area contributed by atoms with Crippen LogP contribution in [0.4, 0.5) is 0 Å². The van der Waals surface area contributed by atoms with Gasteiger partial charge in [0.1, 0.15) is 24.4 Å². The number of aliphatic hydroxyl groups excluding tert-OH is 3. The molecule has 1 heterocycles. The minimum absolute atomic E-state index is 0.371. The van der Waals surface area contributed by atoms with Gasteiger partial charge in [-0.15, -0.1) is 0 Å². The van der Waals surface area contributed by atoms with E-state index in [0.717, 1.165) is 0 Å². The molecule has 5 atom stereocenters. The molecule has 1 rings (SSSR count). The summed E-state index contributed by atoms with van der Waals surface area (Å²) in [4.78, 5) is 11.2. The van der Waals surface area contributed by atoms with Crippen molar-refractivity contribution in [1.29, 1.82) is 0 Å². The van der Waals surface area contributed by atoms with Gasteiger partial charge in [0.05, 0.1) is 12.2 Å². The Balaban J connectivity index is 2.89. The Morgan fingerprint density at radius 1 is 1.32 bits per heavy atom. The average molecular weight is 277 g/mol. The van der Waals surface area contributed by atoms with Gasteiger partial charge in [-0.2, -0.15) is 0 Å². The van der Waals surface area contributed by atoms with Crippen LogP contribution in [-0.4, -0.2) is 64.1 Å². The summed E-state index contributed by atoms with van der Waals surface area (Å²) >= 11 is 0. The number of aliphatic hydroxyl groups is 3. The van der Waals surface area contributed by atoms with Gasteiger partial charge >= 0.3 is 0 Å². The summed E-state index contributed by atoms with van der Waals surface area (Å²) in [6, 6.07) is -0.894. The minimum atomic E-state index is -1.29. The summed E-state index contributed by atoms with van der Waals surface area (Å²) in [5, 5.41) is 31.4. The monoisotopic (exact) mass is 277 g/mol. The summed E-state index contributed by atoms with van der Waals surface area (Å²) in [6.07, 6.45) is -4.46. The Morgan fingerprint density at radius 2 is 1.89 bits per heavy atom. The molecule has 0 aromatic rings. The number of nitrogens with one attached hydrogen (secondary N) is 1. The summed E-state index contributed by atoms with van der Waals surface area (Å²) in [5.41, 5.74) is -0.566. The van der Waals surface area contributed by atoms with Gasteiger partial charge in [0.15, 0.2) is 6.29 Å². The zero-order valence-corrected chi connectivity index (χ0v) is 11.7. The molecule has 4 N–H and O–H groups in total. The summed E-state index contributed by atoms with van der Waals surface area (Å²) in [7, 11) is 0. The largest absolute Gasteiger partial charge is 0.394 e. The van der Waals surface area contributed by atoms with E-state index in [9.17, 15) is 15.0 Å². The van der Waals surface area contributed by atoms with Crippen LogP contribution >= 0.6 is 0 Å². The molecule has 3 unspecified atom stereocenters.